The van der Waals surface area contributed by atoms with Gasteiger partial charge in [-0.1, -0.05) is 17.7 Å². The molecule has 1 heterocycles. The van der Waals surface area contributed by atoms with Crippen molar-refractivity contribution in [3.05, 3.63) is 46.7 Å². The number of rotatable bonds is 3. The molecule has 0 atom stereocenters. The lowest BCUT2D eigenvalue weighted by Gasteiger charge is -2.06. The van der Waals surface area contributed by atoms with Crippen LogP contribution in [0.3, 0.4) is 0 Å². The van der Waals surface area contributed by atoms with Crippen molar-refractivity contribution in [2.75, 3.05) is 5.32 Å². The van der Waals surface area contributed by atoms with Crippen molar-refractivity contribution in [3.8, 4) is 0 Å². The van der Waals surface area contributed by atoms with Gasteiger partial charge >= 0.3 is 0 Å². The largest absolute Gasteiger partial charge is 0.326 e. The summed E-state index contributed by atoms with van der Waals surface area (Å²) >= 11 is 5.97. The summed E-state index contributed by atoms with van der Waals surface area (Å²) in [5.74, 6) is -0.103. The number of hydrogen-bond acceptors (Lipinski definition) is 2. The molecule has 0 aliphatic heterocycles. The van der Waals surface area contributed by atoms with Crippen LogP contribution in [-0.4, -0.2) is 16.1 Å². The molecule has 0 radical (unpaired) electrons. The van der Waals surface area contributed by atoms with E-state index in [0.717, 1.165) is 11.3 Å². The summed E-state index contributed by atoms with van der Waals surface area (Å²) < 4.78 is 0. The van der Waals surface area contributed by atoms with E-state index in [-0.39, 0.29) is 12.3 Å². The van der Waals surface area contributed by atoms with Gasteiger partial charge in [0.05, 0.1) is 6.42 Å². The van der Waals surface area contributed by atoms with Crippen molar-refractivity contribution in [2.45, 2.75) is 13.3 Å². The van der Waals surface area contributed by atoms with Crippen LogP contribution in [0.15, 0.2) is 30.5 Å². The molecule has 17 heavy (non-hydrogen) atoms. The van der Waals surface area contributed by atoms with Crippen LogP contribution in [0.25, 0.3) is 0 Å². The van der Waals surface area contributed by atoms with Crippen molar-refractivity contribution in [2.24, 2.45) is 0 Å². The minimum atomic E-state index is -0.103. The van der Waals surface area contributed by atoms with Gasteiger partial charge in [-0.25, -0.2) is 0 Å². The van der Waals surface area contributed by atoms with E-state index in [1.54, 1.807) is 18.3 Å². The van der Waals surface area contributed by atoms with Gasteiger partial charge in [0, 0.05) is 22.6 Å². The summed E-state index contributed by atoms with van der Waals surface area (Å²) in [4.78, 5) is 11.7. The predicted molar refractivity (Wildman–Crippen MR) is 67.1 cm³/mol. The smallest absolute Gasteiger partial charge is 0.230 e. The fourth-order valence-corrected chi connectivity index (χ4v) is 1.61. The Morgan fingerprint density at radius 2 is 2.29 bits per heavy atom. The number of benzene rings is 1. The molecule has 88 valence electrons. The van der Waals surface area contributed by atoms with Gasteiger partial charge in [-0.3, -0.25) is 9.89 Å². The topological polar surface area (TPSA) is 57.8 Å². The third-order valence-corrected chi connectivity index (χ3v) is 2.77. The van der Waals surface area contributed by atoms with Gasteiger partial charge in [0.1, 0.15) is 0 Å². The van der Waals surface area contributed by atoms with Crippen molar-refractivity contribution >= 4 is 23.2 Å². The molecule has 0 fully saturated rings. The molecule has 2 aromatic rings. The third-order valence-electron chi connectivity index (χ3n) is 2.37. The van der Waals surface area contributed by atoms with E-state index in [4.69, 9.17) is 11.6 Å². The molecule has 0 aliphatic rings. The number of amides is 1. The summed E-state index contributed by atoms with van der Waals surface area (Å²) in [5.41, 5.74) is 2.46. The number of hydrogen-bond donors (Lipinski definition) is 2. The maximum absolute atomic E-state index is 11.7. The Labute approximate surface area is 104 Å². The van der Waals surface area contributed by atoms with Crippen LogP contribution >= 0.6 is 11.6 Å². The predicted octanol–water partition coefficient (Wildman–Crippen LogP) is 2.55. The molecule has 0 aliphatic carbocycles. The Morgan fingerprint density at radius 3 is 2.94 bits per heavy atom. The Morgan fingerprint density at radius 1 is 1.47 bits per heavy atom. The first-order valence-corrected chi connectivity index (χ1v) is 5.57. The Balaban J connectivity index is 2.00. The van der Waals surface area contributed by atoms with Crippen LogP contribution in [0.2, 0.25) is 5.02 Å². The summed E-state index contributed by atoms with van der Waals surface area (Å²) in [7, 11) is 0. The Bertz CT molecular complexity index is 523. The number of nitrogens with zero attached hydrogens (tertiary/aromatic N) is 1. The van der Waals surface area contributed by atoms with E-state index in [2.05, 4.69) is 15.5 Å². The van der Waals surface area contributed by atoms with Crippen molar-refractivity contribution in [1.82, 2.24) is 10.2 Å². The first kappa shape index (κ1) is 11.7. The molecule has 4 nitrogen and oxygen atoms in total. The third kappa shape index (κ3) is 3.07. The molecule has 0 saturated heterocycles. The van der Waals surface area contributed by atoms with Gasteiger partial charge in [-0.15, -0.1) is 0 Å². The second-order valence-electron chi connectivity index (χ2n) is 3.77. The average Bonchev–Trinajstić information content (AvgIpc) is 2.76. The normalized spacial score (nSPS) is 10.2. The van der Waals surface area contributed by atoms with Gasteiger partial charge in [-0.2, -0.15) is 5.10 Å². The highest BCUT2D eigenvalue weighted by Crippen LogP contribution is 2.19. The van der Waals surface area contributed by atoms with Crippen molar-refractivity contribution in [3.63, 3.8) is 0 Å². The number of H-pyrrole nitrogens is 1. The van der Waals surface area contributed by atoms with E-state index in [9.17, 15) is 4.79 Å². The first-order chi connectivity index (χ1) is 8.15. The highest BCUT2D eigenvalue weighted by atomic mass is 35.5. The summed E-state index contributed by atoms with van der Waals surface area (Å²) in [5, 5.41) is 9.94. The Hall–Kier alpha value is -1.81. The van der Waals surface area contributed by atoms with Crippen LogP contribution in [0.1, 0.15) is 11.3 Å². The maximum Gasteiger partial charge on any atom is 0.230 e. The van der Waals surface area contributed by atoms with Gasteiger partial charge in [-0.05, 0) is 30.7 Å². The van der Waals surface area contributed by atoms with Crippen LogP contribution in [0.5, 0.6) is 0 Å². The number of carbonyl (C=O) groups is 1. The SMILES string of the molecule is Cc1ccc(NC(=O)Cc2ccn[nH]2)cc1Cl. The van der Waals surface area contributed by atoms with Crippen LogP contribution < -0.4 is 5.32 Å². The zero-order valence-electron chi connectivity index (χ0n) is 9.33. The lowest BCUT2D eigenvalue weighted by Crippen LogP contribution is -2.14. The van der Waals surface area contributed by atoms with Gasteiger partial charge in [0.25, 0.3) is 0 Å². The number of aromatic nitrogens is 2. The summed E-state index contributed by atoms with van der Waals surface area (Å²) in [6, 6.07) is 7.20. The highest BCUT2D eigenvalue weighted by Gasteiger charge is 2.05. The van der Waals surface area contributed by atoms with Gasteiger partial charge < -0.3 is 5.32 Å². The van der Waals surface area contributed by atoms with Crippen LogP contribution in [0, 0.1) is 6.92 Å². The second-order valence-corrected chi connectivity index (χ2v) is 4.18. The van der Waals surface area contributed by atoms with E-state index < -0.39 is 0 Å². The summed E-state index contributed by atoms with van der Waals surface area (Å²) in [6.07, 6.45) is 1.89. The van der Waals surface area contributed by atoms with E-state index >= 15 is 0 Å². The lowest BCUT2D eigenvalue weighted by atomic mass is 10.2. The number of anilines is 1. The minimum Gasteiger partial charge on any atom is -0.326 e. The zero-order valence-corrected chi connectivity index (χ0v) is 10.1. The lowest BCUT2D eigenvalue weighted by molar-refractivity contribution is -0.115. The van der Waals surface area contributed by atoms with Crippen LogP contribution in [0.4, 0.5) is 5.69 Å². The molecular formula is C12H12ClN3O. The number of nitrogens with one attached hydrogen (secondary N) is 2. The molecule has 1 aromatic heterocycles. The molecule has 2 N–H and O–H groups in total. The number of aromatic amines is 1. The fraction of sp³-hybridized carbons (Fsp3) is 0.167. The molecule has 0 bridgehead atoms. The standard InChI is InChI=1S/C12H12ClN3O/c1-8-2-3-9(6-11(8)13)15-12(17)7-10-4-5-14-16-10/h2-6H,7H2,1H3,(H,14,16)(H,15,17). The average molecular weight is 250 g/mol. The summed E-state index contributed by atoms with van der Waals surface area (Å²) in [6.45, 7) is 1.92. The number of halogens is 1. The molecule has 1 amide bonds. The van der Waals surface area contributed by atoms with Gasteiger partial charge in [0.15, 0.2) is 0 Å². The quantitative estimate of drug-likeness (QED) is 0.878. The Kier molecular flexibility index (Phi) is 3.44. The molecule has 0 spiro atoms. The van der Waals surface area contributed by atoms with Crippen LogP contribution in [-0.2, 0) is 11.2 Å². The van der Waals surface area contributed by atoms with Gasteiger partial charge in [0.2, 0.25) is 5.91 Å². The van der Waals surface area contributed by atoms with E-state index in [1.165, 1.54) is 0 Å². The molecule has 2 rings (SSSR count). The molecule has 5 heteroatoms. The number of carbonyl (C=O) groups excluding carboxylic acids is 1. The van der Waals surface area contributed by atoms with E-state index in [1.807, 2.05) is 19.1 Å². The van der Waals surface area contributed by atoms with E-state index in [0.29, 0.717) is 10.7 Å². The second kappa shape index (κ2) is 5.01. The van der Waals surface area contributed by atoms with Crippen molar-refractivity contribution < 1.29 is 4.79 Å². The minimum absolute atomic E-state index is 0.103. The first-order valence-electron chi connectivity index (χ1n) is 5.19. The molecule has 1 aromatic carbocycles. The maximum atomic E-state index is 11.7. The molecule has 0 unspecified atom stereocenters. The zero-order chi connectivity index (χ0) is 12.3. The highest BCUT2D eigenvalue weighted by molar-refractivity contribution is 6.31. The fourth-order valence-electron chi connectivity index (χ4n) is 1.43. The monoisotopic (exact) mass is 249 g/mol. The van der Waals surface area contributed by atoms with Crippen molar-refractivity contribution in [1.29, 1.82) is 0 Å². The molecule has 0 saturated carbocycles. The molecular weight excluding hydrogens is 238 g/mol. The number of aryl methyl sites for hydroxylation is 1.